The fourth-order valence-corrected chi connectivity index (χ4v) is 1.13. The van der Waals surface area contributed by atoms with Crippen molar-refractivity contribution in [1.29, 1.82) is 0 Å². The van der Waals surface area contributed by atoms with Crippen molar-refractivity contribution < 1.29 is 14.7 Å². The molecule has 2 N–H and O–H groups in total. The van der Waals surface area contributed by atoms with Gasteiger partial charge in [-0.3, -0.25) is 9.59 Å². The number of nitrogens with zero attached hydrogens (tertiary/aromatic N) is 1. The summed E-state index contributed by atoms with van der Waals surface area (Å²) in [7, 11) is 1.97. The van der Waals surface area contributed by atoms with E-state index in [1.54, 1.807) is 13.8 Å². The quantitative estimate of drug-likeness (QED) is 0.664. The number of carbonyl (C=O) groups excluding carboxylic acids is 1. The molecular formula is C11H22N2O3. The number of amides is 1. The molecule has 94 valence electrons. The second-order valence-corrected chi connectivity index (χ2v) is 4.10. The molecule has 0 heterocycles. The summed E-state index contributed by atoms with van der Waals surface area (Å²) in [6, 6.07) is 0. The summed E-state index contributed by atoms with van der Waals surface area (Å²) in [6.07, 6.45) is 0. The van der Waals surface area contributed by atoms with E-state index < -0.39 is 17.8 Å². The predicted octanol–water partition coefficient (Wildman–Crippen LogP) is 0.411. The van der Waals surface area contributed by atoms with E-state index in [4.69, 9.17) is 5.11 Å². The van der Waals surface area contributed by atoms with Crippen LogP contribution in [0.2, 0.25) is 0 Å². The first-order valence-electron chi connectivity index (χ1n) is 5.59. The Hall–Kier alpha value is -1.10. The lowest BCUT2D eigenvalue weighted by Crippen LogP contribution is -2.38. The fourth-order valence-electron chi connectivity index (χ4n) is 1.13. The standard InChI is InChI=1S/C11H22N2O3/c1-5-13(4)7-6-12-10(14)8(2)9(3)11(15)16/h8-9H,5-7H2,1-4H3,(H,12,14)(H,15,16). The fraction of sp³-hybridized carbons (Fsp3) is 0.818. The number of likely N-dealkylation sites (N-methyl/N-ethyl adjacent to an activating group) is 1. The molecule has 5 heteroatoms. The summed E-state index contributed by atoms with van der Waals surface area (Å²) in [4.78, 5) is 24.3. The SMILES string of the molecule is CCN(C)CCNC(=O)C(C)C(C)C(=O)O. The van der Waals surface area contributed by atoms with Gasteiger partial charge < -0.3 is 15.3 Å². The van der Waals surface area contributed by atoms with Crippen LogP contribution in [0, 0.1) is 11.8 Å². The molecule has 0 aromatic carbocycles. The number of aliphatic carboxylic acids is 1. The molecule has 0 aromatic rings. The lowest BCUT2D eigenvalue weighted by molar-refractivity contribution is -0.146. The van der Waals surface area contributed by atoms with Gasteiger partial charge in [-0.25, -0.2) is 0 Å². The number of carboxylic acids is 1. The van der Waals surface area contributed by atoms with Gasteiger partial charge in [0.1, 0.15) is 0 Å². The molecule has 0 bridgehead atoms. The minimum atomic E-state index is -0.937. The summed E-state index contributed by atoms with van der Waals surface area (Å²) in [6.45, 7) is 7.48. The van der Waals surface area contributed by atoms with Crippen molar-refractivity contribution in [2.75, 3.05) is 26.7 Å². The smallest absolute Gasteiger partial charge is 0.307 e. The Labute approximate surface area is 96.8 Å². The van der Waals surface area contributed by atoms with Gasteiger partial charge in [-0.15, -0.1) is 0 Å². The first kappa shape index (κ1) is 14.9. The Morgan fingerprint density at radius 1 is 1.31 bits per heavy atom. The summed E-state index contributed by atoms with van der Waals surface area (Å²) in [5, 5.41) is 11.5. The van der Waals surface area contributed by atoms with Crippen LogP contribution < -0.4 is 5.32 Å². The average molecular weight is 230 g/mol. The zero-order chi connectivity index (χ0) is 12.7. The molecule has 0 aliphatic carbocycles. The van der Waals surface area contributed by atoms with Crippen LogP contribution in [-0.4, -0.2) is 48.6 Å². The van der Waals surface area contributed by atoms with Crippen LogP contribution in [0.15, 0.2) is 0 Å². The number of carboxylic acid groups (broad SMARTS) is 1. The minimum Gasteiger partial charge on any atom is -0.481 e. The number of carbonyl (C=O) groups is 2. The van der Waals surface area contributed by atoms with Crippen molar-refractivity contribution in [1.82, 2.24) is 10.2 Å². The van der Waals surface area contributed by atoms with Gasteiger partial charge in [-0.1, -0.05) is 20.8 Å². The number of hydrogen-bond acceptors (Lipinski definition) is 3. The highest BCUT2D eigenvalue weighted by Crippen LogP contribution is 2.10. The molecule has 0 spiro atoms. The number of nitrogens with one attached hydrogen (secondary N) is 1. The Balaban J connectivity index is 3.93. The second kappa shape index (κ2) is 7.22. The molecular weight excluding hydrogens is 208 g/mol. The molecule has 0 saturated carbocycles. The van der Waals surface area contributed by atoms with Gasteiger partial charge in [0.2, 0.25) is 5.91 Å². The third-order valence-corrected chi connectivity index (χ3v) is 2.89. The van der Waals surface area contributed by atoms with Crippen molar-refractivity contribution in [2.24, 2.45) is 11.8 Å². The van der Waals surface area contributed by atoms with Crippen LogP contribution >= 0.6 is 0 Å². The molecule has 0 radical (unpaired) electrons. The van der Waals surface area contributed by atoms with E-state index in [-0.39, 0.29) is 5.91 Å². The highest BCUT2D eigenvalue weighted by atomic mass is 16.4. The van der Waals surface area contributed by atoms with Crippen molar-refractivity contribution in [3.8, 4) is 0 Å². The topological polar surface area (TPSA) is 69.6 Å². The molecule has 0 saturated heterocycles. The Bertz CT molecular complexity index is 243. The summed E-state index contributed by atoms with van der Waals surface area (Å²) >= 11 is 0. The maximum Gasteiger partial charge on any atom is 0.307 e. The van der Waals surface area contributed by atoms with Crippen LogP contribution in [0.1, 0.15) is 20.8 Å². The lowest BCUT2D eigenvalue weighted by atomic mass is 9.95. The third-order valence-electron chi connectivity index (χ3n) is 2.89. The molecule has 0 rings (SSSR count). The molecule has 2 atom stereocenters. The molecule has 2 unspecified atom stereocenters. The van der Waals surface area contributed by atoms with Gasteiger partial charge in [-0.2, -0.15) is 0 Å². The summed E-state index contributed by atoms with van der Waals surface area (Å²) in [5.74, 6) is -2.28. The van der Waals surface area contributed by atoms with E-state index in [0.717, 1.165) is 13.1 Å². The molecule has 0 aromatic heterocycles. The van der Waals surface area contributed by atoms with Crippen LogP contribution in [-0.2, 0) is 9.59 Å². The van der Waals surface area contributed by atoms with Gasteiger partial charge in [-0.05, 0) is 13.6 Å². The van der Waals surface area contributed by atoms with E-state index >= 15 is 0 Å². The van der Waals surface area contributed by atoms with E-state index in [1.165, 1.54) is 0 Å². The second-order valence-electron chi connectivity index (χ2n) is 4.10. The van der Waals surface area contributed by atoms with Gasteiger partial charge in [0.05, 0.1) is 5.92 Å². The summed E-state index contributed by atoms with van der Waals surface area (Å²) in [5.41, 5.74) is 0. The first-order chi connectivity index (χ1) is 7.40. The van der Waals surface area contributed by atoms with Crippen LogP contribution in [0.5, 0.6) is 0 Å². The largest absolute Gasteiger partial charge is 0.481 e. The molecule has 16 heavy (non-hydrogen) atoms. The Kier molecular flexibility index (Phi) is 6.72. The predicted molar refractivity (Wildman–Crippen MR) is 62.1 cm³/mol. The maximum absolute atomic E-state index is 11.6. The van der Waals surface area contributed by atoms with Gasteiger partial charge in [0, 0.05) is 19.0 Å². The first-order valence-corrected chi connectivity index (χ1v) is 5.59. The number of hydrogen-bond donors (Lipinski definition) is 2. The maximum atomic E-state index is 11.6. The van der Waals surface area contributed by atoms with Gasteiger partial charge in [0.15, 0.2) is 0 Å². The van der Waals surface area contributed by atoms with E-state index in [2.05, 4.69) is 10.2 Å². The Morgan fingerprint density at radius 2 is 1.88 bits per heavy atom. The molecule has 0 fully saturated rings. The van der Waals surface area contributed by atoms with Crippen LogP contribution in [0.3, 0.4) is 0 Å². The lowest BCUT2D eigenvalue weighted by Gasteiger charge is -2.18. The molecule has 0 aliphatic rings. The van der Waals surface area contributed by atoms with Crippen molar-refractivity contribution >= 4 is 11.9 Å². The molecule has 0 aliphatic heterocycles. The molecule has 1 amide bonds. The zero-order valence-corrected chi connectivity index (χ0v) is 10.5. The van der Waals surface area contributed by atoms with E-state index in [9.17, 15) is 9.59 Å². The van der Waals surface area contributed by atoms with Crippen LogP contribution in [0.25, 0.3) is 0 Å². The van der Waals surface area contributed by atoms with Gasteiger partial charge >= 0.3 is 5.97 Å². The van der Waals surface area contributed by atoms with E-state index in [1.807, 2.05) is 14.0 Å². The van der Waals surface area contributed by atoms with Crippen LogP contribution in [0.4, 0.5) is 0 Å². The molecule has 5 nitrogen and oxygen atoms in total. The van der Waals surface area contributed by atoms with Crippen molar-refractivity contribution in [3.63, 3.8) is 0 Å². The normalized spacial score (nSPS) is 14.6. The van der Waals surface area contributed by atoms with Gasteiger partial charge in [0.25, 0.3) is 0 Å². The number of rotatable bonds is 7. The third kappa shape index (κ3) is 5.11. The Morgan fingerprint density at radius 3 is 2.31 bits per heavy atom. The zero-order valence-electron chi connectivity index (χ0n) is 10.5. The highest BCUT2D eigenvalue weighted by Gasteiger charge is 2.25. The van der Waals surface area contributed by atoms with Crippen molar-refractivity contribution in [3.05, 3.63) is 0 Å². The van der Waals surface area contributed by atoms with E-state index in [0.29, 0.717) is 6.54 Å². The summed E-state index contributed by atoms with van der Waals surface area (Å²) < 4.78 is 0. The average Bonchev–Trinajstić information content (AvgIpc) is 2.26. The van der Waals surface area contributed by atoms with Crippen molar-refractivity contribution in [2.45, 2.75) is 20.8 Å². The minimum absolute atomic E-state index is 0.195. The highest BCUT2D eigenvalue weighted by molar-refractivity contribution is 5.84. The monoisotopic (exact) mass is 230 g/mol.